The van der Waals surface area contributed by atoms with Gasteiger partial charge in [0.1, 0.15) is 6.61 Å². The van der Waals surface area contributed by atoms with Crippen molar-refractivity contribution in [1.29, 1.82) is 0 Å². The Balaban J connectivity index is 2.96. The Morgan fingerprint density at radius 3 is 2.78 bits per heavy atom. The molecule has 0 heterocycles. The zero-order valence-electron chi connectivity index (χ0n) is 11.1. The molecule has 0 saturated heterocycles. The minimum Gasteiger partial charge on any atom is -0.493 e. The van der Waals surface area contributed by atoms with Gasteiger partial charge in [0.2, 0.25) is 0 Å². The van der Waals surface area contributed by atoms with Gasteiger partial charge >= 0.3 is 0 Å². The van der Waals surface area contributed by atoms with Crippen molar-refractivity contribution in [2.45, 2.75) is 26.3 Å². The number of halogens is 1. The lowest BCUT2D eigenvalue weighted by atomic mass is 10.1. The summed E-state index contributed by atoms with van der Waals surface area (Å²) in [5.74, 6) is 1.46. The Labute approximate surface area is 114 Å². The number of para-hydroxylation sites is 1. The van der Waals surface area contributed by atoms with Crippen molar-refractivity contribution >= 4 is 11.6 Å². The van der Waals surface area contributed by atoms with Gasteiger partial charge in [-0.15, -0.1) is 0 Å². The molecule has 0 spiro atoms. The van der Waals surface area contributed by atoms with Crippen LogP contribution in [0.15, 0.2) is 29.3 Å². The van der Waals surface area contributed by atoms with Crippen molar-refractivity contribution in [3.63, 3.8) is 0 Å². The molecule has 0 radical (unpaired) electrons. The first-order chi connectivity index (χ1) is 8.58. The van der Waals surface area contributed by atoms with Crippen molar-refractivity contribution < 1.29 is 9.47 Å². The van der Waals surface area contributed by atoms with Crippen LogP contribution in [0.25, 0.3) is 0 Å². The van der Waals surface area contributed by atoms with Crippen LogP contribution >= 0.6 is 11.6 Å². The highest BCUT2D eigenvalue weighted by Gasteiger charge is 2.12. The van der Waals surface area contributed by atoms with E-state index in [4.69, 9.17) is 26.8 Å². The lowest BCUT2D eigenvalue weighted by Gasteiger charge is -2.16. The molecule has 0 fully saturated rings. The molecule has 0 bridgehead atoms. The lowest BCUT2D eigenvalue weighted by Crippen LogP contribution is -2.18. The van der Waals surface area contributed by atoms with Gasteiger partial charge in [-0.2, -0.15) is 0 Å². The molecule has 0 aliphatic rings. The molecule has 0 aliphatic carbocycles. The highest BCUT2D eigenvalue weighted by Crippen LogP contribution is 2.32. The van der Waals surface area contributed by atoms with Crippen LogP contribution in [0.4, 0.5) is 0 Å². The van der Waals surface area contributed by atoms with Crippen LogP contribution in [0.2, 0.25) is 0 Å². The molecule has 1 atom stereocenters. The summed E-state index contributed by atoms with van der Waals surface area (Å²) < 4.78 is 11.1. The van der Waals surface area contributed by atoms with Gasteiger partial charge in [-0.25, -0.2) is 0 Å². The van der Waals surface area contributed by atoms with Crippen molar-refractivity contribution in [1.82, 2.24) is 0 Å². The largest absolute Gasteiger partial charge is 0.493 e. The van der Waals surface area contributed by atoms with Crippen molar-refractivity contribution in [3.8, 4) is 11.5 Å². The average molecular weight is 270 g/mol. The van der Waals surface area contributed by atoms with Crippen LogP contribution < -0.4 is 15.2 Å². The van der Waals surface area contributed by atoms with E-state index in [2.05, 4.69) is 0 Å². The Hall–Kier alpha value is -1.19. The van der Waals surface area contributed by atoms with Crippen molar-refractivity contribution in [3.05, 3.63) is 34.9 Å². The standard InChI is InChI=1S/C14H20ClNO2/c1-10(8-15)9-18-14-12(7-11(2)16)5-4-6-13(14)17-3/h4-6,8,11H,7,9,16H2,1-3H3/b10-8+. The maximum Gasteiger partial charge on any atom is 0.164 e. The van der Waals surface area contributed by atoms with E-state index in [9.17, 15) is 0 Å². The fraction of sp³-hybridized carbons (Fsp3) is 0.429. The molecule has 1 rings (SSSR count). The molecule has 1 unspecified atom stereocenters. The van der Waals surface area contributed by atoms with Gasteiger partial charge in [0.05, 0.1) is 7.11 Å². The smallest absolute Gasteiger partial charge is 0.164 e. The van der Waals surface area contributed by atoms with Crippen LogP contribution in [0.1, 0.15) is 19.4 Å². The van der Waals surface area contributed by atoms with E-state index in [0.717, 1.165) is 29.1 Å². The van der Waals surface area contributed by atoms with Gasteiger partial charge in [-0.1, -0.05) is 23.7 Å². The fourth-order valence-corrected chi connectivity index (χ4v) is 1.67. The molecule has 2 N–H and O–H groups in total. The van der Waals surface area contributed by atoms with Gasteiger partial charge in [-0.3, -0.25) is 0 Å². The molecular weight excluding hydrogens is 250 g/mol. The average Bonchev–Trinajstić information content (AvgIpc) is 2.35. The van der Waals surface area contributed by atoms with E-state index < -0.39 is 0 Å². The van der Waals surface area contributed by atoms with Crippen LogP contribution in [-0.2, 0) is 6.42 Å². The fourth-order valence-electron chi connectivity index (χ4n) is 1.61. The minimum atomic E-state index is 0.0733. The molecule has 100 valence electrons. The predicted octanol–water partition coefficient (Wildman–Crippen LogP) is 3.11. The van der Waals surface area contributed by atoms with Crippen LogP contribution in [-0.4, -0.2) is 19.8 Å². The number of rotatable bonds is 6. The topological polar surface area (TPSA) is 44.5 Å². The van der Waals surface area contributed by atoms with Gasteiger partial charge in [0.25, 0.3) is 0 Å². The summed E-state index contributed by atoms with van der Waals surface area (Å²) in [6, 6.07) is 5.89. The number of hydrogen-bond donors (Lipinski definition) is 1. The SMILES string of the molecule is COc1cccc(CC(C)N)c1OC/C(C)=C/Cl. The van der Waals surface area contributed by atoms with E-state index in [0.29, 0.717) is 6.61 Å². The maximum absolute atomic E-state index is 5.84. The van der Waals surface area contributed by atoms with Gasteiger partial charge < -0.3 is 15.2 Å². The van der Waals surface area contributed by atoms with E-state index in [1.165, 1.54) is 5.54 Å². The molecule has 3 nitrogen and oxygen atoms in total. The third-order valence-electron chi connectivity index (χ3n) is 2.45. The van der Waals surface area contributed by atoms with E-state index >= 15 is 0 Å². The summed E-state index contributed by atoms with van der Waals surface area (Å²) >= 11 is 5.62. The second kappa shape index (κ2) is 7.29. The molecule has 0 aliphatic heterocycles. The zero-order valence-corrected chi connectivity index (χ0v) is 11.8. The Bertz CT molecular complexity index is 416. The first kappa shape index (κ1) is 14.9. The van der Waals surface area contributed by atoms with Crippen molar-refractivity contribution in [2.24, 2.45) is 5.73 Å². The molecule has 1 aromatic rings. The van der Waals surface area contributed by atoms with Crippen LogP contribution in [0.3, 0.4) is 0 Å². The number of benzene rings is 1. The molecule has 0 saturated carbocycles. The normalized spacial score (nSPS) is 13.3. The van der Waals surface area contributed by atoms with E-state index in [1.54, 1.807) is 7.11 Å². The summed E-state index contributed by atoms with van der Waals surface area (Å²) in [6.45, 7) is 4.32. The summed E-state index contributed by atoms with van der Waals surface area (Å²) in [5.41, 5.74) is 9.35. The highest BCUT2D eigenvalue weighted by atomic mass is 35.5. The quantitative estimate of drug-likeness (QED) is 0.863. The molecule has 18 heavy (non-hydrogen) atoms. The Kier molecular flexibility index (Phi) is 6.02. The molecule has 1 aromatic carbocycles. The number of nitrogens with two attached hydrogens (primary N) is 1. The van der Waals surface area contributed by atoms with Crippen LogP contribution in [0.5, 0.6) is 11.5 Å². The minimum absolute atomic E-state index is 0.0733. The number of methoxy groups -OCH3 is 1. The predicted molar refractivity (Wildman–Crippen MR) is 75.5 cm³/mol. The maximum atomic E-state index is 5.84. The zero-order chi connectivity index (χ0) is 13.5. The second-order valence-corrected chi connectivity index (χ2v) is 4.59. The van der Waals surface area contributed by atoms with Gasteiger partial charge in [0.15, 0.2) is 11.5 Å². The molecular formula is C14H20ClNO2. The molecule has 4 heteroatoms. The third kappa shape index (κ3) is 4.24. The molecule has 0 amide bonds. The monoisotopic (exact) mass is 269 g/mol. The van der Waals surface area contributed by atoms with Gasteiger partial charge in [-0.05, 0) is 37.5 Å². The van der Waals surface area contributed by atoms with Gasteiger partial charge in [0, 0.05) is 11.6 Å². The first-order valence-corrected chi connectivity index (χ1v) is 6.32. The Morgan fingerprint density at radius 1 is 1.50 bits per heavy atom. The number of hydrogen-bond acceptors (Lipinski definition) is 3. The van der Waals surface area contributed by atoms with E-state index in [-0.39, 0.29) is 6.04 Å². The summed E-state index contributed by atoms with van der Waals surface area (Å²) in [5, 5.41) is 0. The summed E-state index contributed by atoms with van der Waals surface area (Å²) in [4.78, 5) is 0. The Morgan fingerprint density at radius 2 is 2.22 bits per heavy atom. The summed E-state index contributed by atoms with van der Waals surface area (Å²) in [6.07, 6.45) is 0.746. The number of ether oxygens (including phenoxy) is 2. The third-order valence-corrected chi connectivity index (χ3v) is 2.83. The first-order valence-electron chi connectivity index (χ1n) is 5.88. The molecule has 0 aromatic heterocycles. The van der Waals surface area contributed by atoms with E-state index in [1.807, 2.05) is 32.0 Å². The lowest BCUT2D eigenvalue weighted by molar-refractivity contribution is 0.315. The second-order valence-electron chi connectivity index (χ2n) is 4.37. The summed E-state index contributed by atoms with van der Waals surface area (Å²) in [7, 11) is 1.63. The van der Waals surface area contributed by atoms with Crippen LogP contribution in [0, 0.1) is 0 Å². The van der Waals surface area contributed by atoms with Crippen molar-refractivity contribution in [2.75, 3.05) is 13.7 Å². The highest BCUT2D eigenvalue weighted by molar-refractivity contribution is 6.25.